The minimum atomic E-state index is -3.49. The fourth-order valence-corrected chi connectivity index (χ4v) is 2.98. The highest BCUT2D eigenvalue weighted by molar-refractivity contribution is 7.89. The molecule has 7 heteroatoms. The molecule has 0 aliphatic rings. The predicted molar refractivity (Wildman–Crippen MR) is 72.5 cm³/mol. The lowest BCUT2D eigenvalue weighted by molar-refractivity contribution is 0.193. The fraction of sp³-hybridized carbons (Fsp3) is 0.667. The summed E-state index contributed by atoms with van der Waals surface area (Å²) in [4.78, 5) is 0.212. The third-order valence-corrected chi connectivity index (χ3v) is 4.20. The maximum atomic E-state index is 12.1. The highest BCUT2D eigenvalue weighted by atomic mass is 32.2. The minimum absolute atomic E-state index is 0.212. The lowest BCUT2D eigenvalue weighted by Gasteiger charge is -2.05. The fourth-order valence-electron chi connectivity index (χ4n) is 1.71. The number of sulfonamides is 1. The molecule has 0 saturated carbocycles. The molecule has 0 aliphatic carbocycles. The summed E-state index contributed by atoms with van der Waals surface area (Å²) < 4.78 is 37.0. The van der Waals surface area contributed by atoms with Crippen LogP contribution in [0.15, 0.2) is 15.4 Å². The number of aryl methyl sites for hydroxylation is 1. The molecular formula is C12H22N2O4S. The van der Waals surface area contributed by atoms with Gasteiger partial charge in [-0.3, -0.25) is 0 Å². The Kier molecular flexibility index (Phi) is 6.50. The molecule has 0 unspecified atom stereocenters. The molecule has 0 atom stereocenters. The van der Waals surface area contributed by atoms with Gasteiger partial charge in [-0.15, -0.1) is 0 Å². The van der Waals surface area contributed by atoms with Crippen LogP contribution in [0.25, 0.3) is 0 Å². The monoisotopic (exact) mass is 290 g/mol. The number of hydrogen-bond donors (Lipinski definition) is 2. The van der Waals surface area contributed by atoms with E-state index in [1.165, 1.54) is 0 Å². The topological polar surface area (TPSA) is 80.6 Å². The van der Waals surface area contributed by atoms with Crippen molar-refractivity contribution < 1.29 is 17.6 Å². The first kappa shape index (κ1) is 16.2. The number of furan rings is 1. The molecule has 1 aromatic rings. The number of hydrogen-bond acceptors (Lipinski definition) is 5. The maximum Gasteiger partial charge on any atom is 0.244 e. The van der Waals surface area contributed by atoms with Gasteiger partial charge < -0.3 is 14.5 Å². The van der Waals surface area contributed by atoms with Crippen molar-refractivity contribution in [3.8, 4) is 0 Å². The van der Waals surface area contributed by atoms with E-state index >= 15 is 0 Å². The quantitative estimate of drug-likeness (QED) is 0.664. The molecule has 0 radical (unpaired) electrons. The normalized spacial score (nSPS) is 11.9. The van der Waals surface area contributed by atoms with Crippen molar-refractivity contribution in [2.24, 2.45) is 0 Å². The average Bonchev–Trinajstić information content (AvgIpc) is 2.71. The SMILES string of the molecule is CNCc1cc(S(=O)(=O)NCCCCOC)c(C)o1. The number of methoxy groups -OCH3 is 1. The van der Waals surface area contributed by atoms with Crippen LogP contribution in [0, 0.1) is 6.92 Å². The van der Waals surface area contributed by atoms with Crippen molar-refractivity contribution in [3.63, 3.8) is 0 Å². The molecule has 110 valence electrons. The summed E-state index contributed by atoms with van der Waals surface area (Å²) >= 11 is 0. The van der Waals surface area contributed by atoms with Crippen molar-refractivity contribution in [3.05, 3.63) is 17.6 Å². The van der Waals surface area contributed by atoms with Crippen molar-refractivity contribution in [2.45, 2.75) is 31.2 Å². The van der Waals surface area contributed by atoms with Crippen molar-refractivity contribution in [1.82, 2.24) is 10.0 Å². The molecule has 1 aromatic heterocycles. The summed E-state index contributed by atoms with van der Waals surface area (Å²) in [6, 6.07) is 1.56. The summed E-state index contributed by atoms with van der Waals surface area (Å²) in [5.74, 6) is 1.02. The average molecular weight is 290 g/mol. The Morgan fingerprint density at radius 3 is 2.74 bits per heavy atom. The first-order chi connectivity index (χ1) is 9.01. The second-order valence-corrected chi connectivity index (χ2v) is 6.00. The van der Waals surface area contributed by atoms with Gasteiger partial charge in [-0.2, -0.15) is 0 Å². The van der Waals surface area contributed by atoms with E-state index in [1.807, 2.05) is 0 Å². The Balaban J connectivity index is 2.61. The van der Waals surface area contributed by atoms with Gasteiger partial charge in [-0.1, -0.05) is 0 Å². The molecule has 0 aromatic carbocycles. The third kappa shape index (κ3) is 4.94. The molecule has 1 heterocycles. The highest BCUT2D eigenvalue weighted by Crippen LogP contribution is 2.19. The van der Waals surface area contributed by atoms with Crippen LogP contribution in [0.1, 0.15) is 24.4 Å². The van der Waals surface area contributed by atoms with Gasteiger partial charge in [0.25, 0.3) is 0 Å². The molecule has 0 aliphatic heterocycles. The zero-order chi connectivity index (χ0) is 14.3. The summed E-state index contributed by atoms with van der Waals surface area (Å²) in [5.41, 5.74) is 0. The molecule has 19 heavy (non-hydrogen) atoms. The zero-order valence-electron chi connectivity index (χ0n) is 11.7. The van der Waals surface area contributed by atoms with Crippen LogP contribution in [0.2, 0.25) is 0 Å². The van der Waals surface area contributed by atoms with E-state index in [2.05, 4.69) is 10.0 Å². The summed E-state index contributed by atoms with van der Waals surface area (Å²) in [6.45, 7) is 3.19. The maximum absolute atomic E-state index is 12.1. The molecule has 0 amide bonds. The van der Waals surface area contributed by atoms with Crippen LogP contribution < -0.4 is 10.0 Å². The Hall–Kier alpha value is -0.890. The second-order valence-electron chi connectivity index (χ2n) is 4.26. The molecule has 0 fully saturated rings. The van der Waals surface area contributed by atoms with Crippen LogP contribution in [-0.2, 0) is 21.3 Å². The molecule has 2 N–H and O–H groups in total. The largest absolute Gasteiger partial charge is 0.464 e. The minimum Gasteiger partial charge on any atom is -0.464 e. The molecule has 6 nitrogen and oxygen atoms in total. The van der Waals surface area contributed by atoms with E-state index in [9.17, 15) is 8.42 Å². The smallest absolute Gasteiger partial charge is 0.244 e. The lowest BCUT2D eigenvalue weighted by Crippen LogP contribution is -2.25. The number of ether oxygens (including phenoxy) is 1. The van der Waals surface area contributed by atoms with E-state index in [1.54, 1.807) is 27.1 Å². The van der Waals surface area contributed by atoms with Crippen LogP contribution in [-0.4, -0.2) is 35.7 Å². The van der Waals surface area contributed by atoms with Crippen LogP contribution in [0.5, 0.6) is 0 Å². The molecule has 1 rings (SSSR count). The van der Waals surface area contributed by atoms with Gasteiger partial charge in [-0.05, 0) is 26.8 Å². The summed E-state index contributed by atoms with van der Waals surface area (Å²) in [5, 5.41) is 2.92. The van der Waals surface area contributed by atoms with E-state index < -0.39 is 10.0 Å². The predicted octanol–water partition coefficient (Wildman–Crippen LogP) is 1.01. The highest BCUT2D eigenvalue weighted by Gasteiger charge is 2.20. The second kappa shape index (κ2) is 7.64. The Labute approximate surface area is 114 Å². The molecule has 0 saturated heterocycles. The van der Waals surface area contributed by atoms with Gasteiger partial charge in [0.1, 0.15) is 16.4 Å². The summed E-state index contributed by atoms with van der Waals surface area (Å²) in [6.07, 6.45) is 1.57. The lowest BCUT2D eigenvalue weighted by atomic mass is 10.3. The van der Waals surface area contributed by atoms with Crippen LogP contribution in [0.3, 0.4) is 0 Å². The molecule has 0 bridgehead atoms. The number of rotatable bonds is 9. The van der Waals surface area contributed by atoms with Crippen LogP contribution in [0.4, 0.5) is 0 Å². The Morgan fingerprint density at radius 1 is 1.37 bits per heavy atom. The summed E-state index contributed by atoms with van der Waals surface area (Å²) in [7, 11) is -0.0828. The Morgan fingerprint density at radius 2 is 2.11 bits per heavy atom. The van der Waals surface area contributed by atoms with Crippen molar-refractivity contribution >= 4 is 10.0 Å². The van der Waals surface area contributed by atoms with Gasteiger partial charge in [0, 0.05) is 26.3 Å². The molecular weight excluding hydrogens is 268 g/mol. The van der Waals surface area contributed by atoms with E-state index in [0.717, 1.165) is 12.8 Å². The van der Waals surface area contributed by atoms with Gasteiger partial charge in [0.15, 0.2) is 0 Å². The van der Waals surface area contributed by atoms with E-state index in [4.69, 9.17) is 9.15 Å². The van der Waals surface area contributed by atoms with Crippen LogP contribution >= 0.6 is 0 Å². The first-order valence-corrected chi connectivity index (χ1v) is 7.72. The van der Waals surface area contributed by atoms with Crippen molar-refractivity contribution in [1.29, 1.82) is 0 Å². The third-order valence-electron chi connectivity index (χ3n) is 2.63. The first-order valence-electron chi connectivity index (χ1n) is 6.23. The van der Waals surface area contributed by atoms with Gasteiger partial charge in [-0.25, -0.2) is 13.1 Å². The van der Waals surface area contributed by atoms with Gasteiger partial charge in [0.2, 0.25) is 10.0 Å². The zero-order valence-corrected chi connectivity index (χ0v) is 12.5. The van der Waals surface area contributed by atoms with E-state index in [-0.39, 0.29) is 4.90 Å². The number of nitrogens with one attached hydrogen (secondary N) is 2. The number of unbranched alkanes of at least 4 members (excludes halogenated alkanes) is 1. The molecule has 0 spiro atoms. The van der Waals surface area contributed by atoms with Gasteiger partial charge in [0.05, 0.1) is 6.54 Å². The Bertz CT molecular complexity index is 482. The standard InChI is InChI=1S/C12H22N2O4S/c1-10-12(8-11(18-10)9-13-2)19(15,16)14-6-4-5-7-17-3/h8,13-14H,4-7,9H2,1-3H3. The van der Waals surface area contributed by atoms with Crippen molar-refractivity contribution in [2.75, 3.05) is 27.3 Å². The van der Waals surface area contributed by atoms with Gasteiger partial charge >= 0.3 is 0 Å². The van der Waals surface area contributed by atoms with E-state index in [0.29, 0.717) is 31.2 Å².